The molecule has 0 saturated carbocycles. The Kier molecular flexibility index (Phi) is 5.94. The molecule has 0 amide bonds. The number of hydrogen-bond acceptors (Lipinski definition) is 2. The molecule has 0 aromatic heterocycles. The fourth-order valence-electron chi connectivity index (χ4n) is 0.960. The number of unbranched alkanes of at least 4 members (excludes halogenated alkanes) is 1. The Morgan fingerprint density at radius 1 is 1.55 bits per heavy atom. The van der Waals surface area contributed by atoms with E-state index in [-0.39, 0.29) is 0 Å². The Bertz CT molecular complexity index is 117. The normalized spacial score (nSPS) is 12.3. The van der Waals surface area contributed by atoms with E-state index < -0.39 is 0 Å². The number of rotatable bonds is 5. The number of nitrogens with one attached hydrogen (secondary N) is 1. The second-order valence-corrected chi connectivity index (χ2v) is 3.26. The Morgan fingerprint density at radius 2 is 2.18 bits per heavy atom. The van der Waals surface area contributed by atoms with Crippen LogP contribution < -0.4 is 11.3 Å². The van der Waals surface area contributed by atoms with Gasteiger partial charge >= 0.3 is 0 Å². The summed E-state index contributed by atoms with van der Waals surface area (Å²) in [7, 11) is 0. The molecule has 0 saturated heterocycles. The first kappa shape index (κ1) is 10.5. The van der Waals surface area contributed by atoms with Crippen molar-refractivity contribution in [3.05, 3.63) is 11.8 Å². The van der Waals surface area contributed by atoms with E-state index in [1.807, 2.05) is 0 Å². The van der Waals surface area contributed by atoms with Gasteiger partial charge in [0.25, 0.3) is 0 Å². The van der Waals surface area contributed by atoms with Crippen molar-refractivity contribution in [2.24, 2.45) is 11.8 Å². The molecule has 2 nitrogen and oxygen atoms in total. The van der Waals surface area contributed by atoms with Gasteiger partial charge in [-0.05, 0) is 18.8 Å². The van der Waals surface area contributed by atoms with Crippen LogP contribution in [0.5, 0.6) is 0 Å². The quantitative estimate of drug-likeness (QED) is 0.473. The molecule has 0 aliphatic rings. The Morgan fingerprint density at radius 3 is 2.55 bits per heavy atom. The summed E-state index contributed by atoms with van der Waals surface area (Å²) in [5.74, 6) is 6.02. The predicted octanol–water partition coefficient (Wildman–Crippen LogP) is 2.18. The lowest BCUT2D eigenvalue weighted by Crippen LogP contribution is -2.22. The highest BCUT2D eigenvalue weighted by atomic mass is 15.2. The van der Waals surface area contributed by atoms with Gasteiger partial charge in [0.05, 0.1) is 0 Å². The molecule has 0 aliphatic heterocycles. The van der Waals surface area contributed by atoms with Crippen molar-refractivity contribution in [2.45, 2.75) is 40.0 Å². The molecular formula is C9H20N2. The molecule has 3 N–H and O–H groups in total. The van der Waals surface area contributed by atoms with E-state index in [9.17, 15) is 0 Å². The monoisotopic (exact) mass is 156 g/mol. The van der Waals surface area contributed by atoms with Crippen LogP contribution in [0.25, 0.3) is 0 Å². The van der Waals surface area contributed by atoms with E-state index in [0.29, 0.717) is 5.92 Å². The number of allylic oxidation sites excluding steroid dienone is 2. The van der Waals surface area contributed by atoms with Crippen molar-refractivity contribution in [2.75, 3.05) is 0 Å². The van der Waals surface area contributed by atoms with Gasteiger partial charge in [-0.15, -0.1) is 0 Å². The maximum absolute atomic E-state index is 5.34. The molecule has 11 heavy (non-hydrogen) atoms. The predicted molar refractivity (Wildman–Crippen MR) is 49.8 cm³/mol. The molecule has 66 valence electrons. The molecule has 0 radical (unpaired) electrons. The van der Waals surface area contributed by atoms with Crippen LogP contribution in [-0.2, 0) is 0 Å². The molecule has 0 aromatic carbocycles. The topological polar surface area (TPSA) is 38.0 Å². The van der Waals surface area contributed by atoms with Gasteiger partial charge in [-0.1, -0.05) is 33.3 Å². The SMILES string of the molecule is CCC/C=C(/CC(C)C)NN. The first-order valence-electron chi connectivity index (χ1n) is 4.36. The number of nitrogens with two attached hydrogens (primary N) is 1. The number of hydrazine groups is 1. The van der Waals surface area contributed by atoms with E-state index >= 15 is 0 Å². The highest BCUT2D eigenvalue weighted by Gasteiger charge is 1.97. The maximum Gasteiger partial charge on any atom is 0.0222 e. The van der Waals surface area contributed by atoms with Crippen molar-refractivity contribution in [1.29, 1.82) is 0 Å². The van der Waals surface area contributed by atoms with Crippen LogP contribution in [0.3, 0.4) is 0 Å². The van der Waals surface area contributed by atoms with E-state index in [1.165, 1.54) is 12.1 Å². The minimum atomic E-state index is 0.675. The molecule has 0 unspecified atom stereocenters. The highest BCUT2D eigenvalue weighted by molar-refractivity contribution is 4.98. The van der Waals surface area contributed by atoms with Crippen LogP contribution in [-0.4, -0.2) is 0 Å². The van der Waals surface area contributed by atoms with E-state index in [4.69, 9.17) is 5.84 Å². The highest BCUT2D eigenvalue weighted by Crippen LogP contribution is 2.07. The molecule has 0 rings (SSSR count). The maximum atomic E-state index is 5.34. The first-order chi connectivity index (χ1) is 5.20. The first-order valence-corrected chi connectivity index (χ1v) is 4.36. The molecule has 0 bridgehead atoms. The van der Waals surface area contributed by atoms with E-state index in [1.54, 1.807) is 0 Å². The van der Waals surface area contributed by atoms with Gasteiger partial charge in [0.15, 0.2) is 0 Å². The molecule has 0 spiro atoms. The third-order valence-corrected chi connectivity index (χ3v) is 1.49. The molecule has 0 aromatic rings. The van der Waals surface area contributed by atoms with Crippen molar-refractivity contribution in [3.63, 3.8) is 0 Å². The van der Waals surface area contributed by atoms with Crippen LogP contribution in [0, 0.1) is 5.92 Å². The van der Waals surface area contributed by atoms with E-state index in [0.717, 1.165) is 12.8 Å². The van der Waals surface area contributed by atoms with Gasteiger partial charge in [-0.2, -0.15) is 0 Å². The summed E-state index contributed by atoms with van der Waals surface area (Å²) in [6.07, 6.45) is 5.53. The van der Waals surface area contributed by atoms with Gasteiger partial charge in [0, 0.05) is 5.70 Å². The summed E-state index contributed by atoms with van der Waals surface area (Å²) in [5, 5.41) is 0. The van der Waals surface area contributed by atoms with Gasteiger partial charge in [0.1, 0.15) is 0 Å². The van der Waals surface area contributed by atoms with Crippen LogP contribution in [0.4, 0.5) is 0 Å². The lowest BCUT2D eigenvalue weighted by molar-refractivity contribution is 0.604. The fraction of sp³-hybridized carbons (Fsp3) is 0.778. The third-order valence-electron chi connectivity index (χ3n) is 1.49. The lowest BCUT2D eigenvalue weighted by atomic mass is 10.1. The van der Waals surface area contributed by atoms with Crippen molar-refractivity contribution in [1.82, 2.24) is 5.43 Å². The molecule has 0 atom stereocenters. The lowest BCUT2D eigenvalue weighted by Gasteiger charge is -2.08. The summed E-state index contributed by atoms with van der Waals surface area (Å²) in [5.41, 5.74) is 3.90. The smallest absolute Gasteiger partial charge is 0.0222 e. The van der Waals surface area contributed by atoms with Crippen molar-refractivity contribution in [3.8, 4) is 0 Å². The Labute approximate surface area is 69.8 Å². The largest absolute Gasteiger partial charge is 0.329 e. The minimum absolute atomic E-state index is 0.675. The Balaban J connectivity index is 3.73. The van der Waals surface area contributed by atoms with Gasteiger partial charge < -0.3 is 5.43 Å². The van der Waals surface area contributed by atoms with Crippen LogP contribution in [0.2, 0.25) is 0 Å². The average Bonchev–Trinajstić information content (AvgIpc) is 1.97. The molecule has 2 heteroatoms. The summed E-state index contributed by atoms with van der Waals surface area (Å²) in [6, 6.07) is 0. The number of hydrogen-bond donors (Lipinski definition) is 2. The molecule has 0 aliphatic carbocycles. The average molecular weight is 156 g/mol. The van der Waals surface area contributed by atoms with Crippen molar-refractivity contribution >= 4 is 0 Å². The Hall–Kier alpha value is -0.500. The summed E-state index contributed by atoms with van der Waals surface area (Å²) >= 11 is 0. The fourth-order valence-corrected chi connectivity index (χ4v) is 0.960. The second kappa shape index (κ2) is 6.23. The zero-order valence-electron chi connectivity index (χ0n) is 7.85. The summed E-state index contributed by atoms with van der Waals surface area (Å²) in [6.45, 7) is 6.55. The summed E-state index contributed by atoms with van der Waals surface area (Å²) in [4.78, 5) is 0. The van der Waals surface area contributed by atoms with Gasteiger partial charge in [-0.25, -0.2) is 0 Å². The van der Waals surface area contributed by atoms with E-state index in [2.05, 4.69) is 32.3 Å². The molecule has 0 heterocycles. The van der Waals surface area contributed by atoms with Crippen LogP contribution in [0.1, 0.15) is 40.0 Å². The van der Waals surface area contributed by atoms with Crippen LogP contribution in [0.15, 0.2) is 11.8 Å². The van der Waals surface area contributed by atoms with Gasteiger partial charge in [0.2, 0.25) is 0 Å². The second-order valence-electron chi connectivity index (χ2n) is 3.26. The summed E-state index contributed by atoms with van der Waals surface area (Å²) < 4.78 is 0. The van der Waals surface area contributed by atoms with Crippen molar-refractivity contribution < 1.29 is 0 Å². The molecule has 0 fully saturated rings. The minimum Gasteiger partial charge on any atom is -0.329 e. The van der Waals surface area contributed by atoms with Crippen LogP contribution >= 0.6 is 0 Å². The third kappa shape index (κ3) is 5.92. The standard InChI is InChI=1S/C9H20N2/c1-4-5-6-9(11-10)7-8(2)3/h6,8,11H,4-5,7,10H2,1-3H3/b9-6-. The molecular weight excluding hydrogens is 136 g/mol. The zero-order chi connectivity index (χ0) is 8.69. The van der Waals surface area contributed by atoms with Gasteiger partial charge in [-0.3, -0.25) is 5.84 Å². The zero-order valence-corrected chi connectivity index (χ0v) is 7.85.